The summed E-state index contributed by atoms with van der Waals surface area (Å²) in [5.41, 5.74) is 1.37. The number of alkyl halides is 2. The zero-order valence-corrected chi connectivity index (χ0v) is 14.5. The Morgan fingerprint density at radius 3 is 2.74 bits per heavy atom. The first kappa shape index (κ1) is 15.5. The van der Waals surface area contributed by atoms with Crippen molar-refractivity contribution in [2.75, 3.05) is 6.54 Å². The second-order valence-electron chi connectivity index (χ2n) is 5.51. The average molecular weight is 389 g/mol. The summed E-state index contributed by atoms with van der Waals surface area (Å²) in [4.78, 5) is 0.642. The van der Waals surface area contributed by atoms with E-state index < -0.39 is 0 Å². The van der Waals surface area contributed by atoms with Gasteiger partial charge in [-0.3, -0.25) is 0 Å². The molecule has 0 aliphatic heterocycles. The number of benzene rings is 1. The molecule has 1 fully saturated rings. The lowest BCUT2D eigenvalue weighted by molar-refractivity contribution is 0.390. The first-order valence-electron chi connectivity index (χ1n) is 7.28. The summed E-state index contributed by atoms with van der Waals surface area (Å²) < 4.78 is 0.333. The molecule has 0 bridgehead atoms. The van der Waals surface area contributed by atoms with Crippen molar-refractivity contribution in [3.05, 3.63) is 35.9 Å². The third-order valence-corrected chi connectivity index (χ3v) is 7.27. The summed E-state index contributed by atoms with van der Waals surface area (Å²) in [6.45, 7) is 2.08. The zero-order chi connectivity index (χ0) is 13.6. The number of rotatable bonds is 6. The minimum absolute atomic E-state index is 0.333. The van der Waals surface area contributed by atoms with E-state index in [2.05, 4.69) is 67.5 Å². The van der Waals surface area contributed by atoms with E-state index in [1.165, 1.54) is 44.1 Å². The second-order valence-corrected chi connectivity index (χ2v) is 8.20. The van der Waals surface area contributed by atoms with Gasteiger partial charge in [0.25, 0.3) is 0 Å². The molecule has 1 aromatic carbocycles. The lowest BCUT2D eigenvalue weighted by Crippen LogP contribution is -2.36. The molecule has 2 atom stereocenters. The SMILES string of the molecule is Br[C@H]1CCCC[C@@]1(Br)CCCNCc1ccccc1. The quantitative estimate of drug-likeness (QED) is 0.532. The number of hydrogen-bond donors (Lipinski definition) is 1. The maximum Gasteiger partial charge on any atom is 0.0383 e. The van der Waals surface area contributed by atoms with E-state index >= 15 is 0 Å². The molecule has 1 saturated carbocycles. The van der Waals surface area contributed by atoms with Crippen LogP contribution >= 0.6 is 31.9 Å². The van der Waals surface area contributed by atoms with Gasteiger partial charge < -0.3 is 5.32 Å². The van der Waals surface area contributed by atoms with Crippen molar-refractivity contribution in [3.63, 3.8) is 0 Å². The van der Waals surface area contributed by atoms with Crippen LogP contribution in [-0.2, 0) is 6.54 Å². The Labute approximate surface area is 133 Å². The van der Waals surface area contributed by atoms with Crippen LogP contribution in [0.4, 0.5) is 0 Å². The Hall–Kier alpha value is 0.140. The van der Waals surface area contributed by atoms with Gasteiger partial charge in [-0.2, -0.15) is 0 Å². The van der Waals surface area contributed by atoms with Gasteiger partial charge in [-0.05, 0) is 37.8 Å². The van der Waals surface area contributed by atoms with Gasteiger partial charge in [-0.1, -0.05) is 75.0 Å². The van der Waals surface area contributed by atoms with Crippen LogP contribution in [0, 0.1) is 0 Å². The predicted molar refractivity (Wildman–Crippen MR) is 90.2 cm³/mol. The van der Waals surface area contributed by atoms with Crippen molar-refractivity contribution in [1.82, 2.24) is 5.32 Å². The van der Waals surface area contributed by atoms with E-state index in [9.17, 15) is 0 Å². The van der Waals surface area contributed by atoms with Crippen LogP contribution in [0.5, 0.6) is 0 Å². The van der Waals surface area contributed by atoms with E-state index in [4.69, 9.17) is 0 Å². The van der Waals surface area contributed by atoms with Gasteiger partial charge in [0, 0.05) is 15.7 Å². The molecule has 106 valence electrons. The van der Waals surface area contributed by atoms with Crippen LogP contribution in [-0.4, -0.2) is 15.7 Å². The highest BCUT2D eigenvalue weighted by Crippen LogP contribution is 2.43. The largest absolute Gasteiger partial charge is 0.313 e. The second kappa shape index (κ2) is 7.80. The third kappa shape index (κ3) is 4.87. The van der Waals surface area contributed by atoms with Gasteiger partial charge in [-0.15, -0.1) is 0 Å². The van der Waals surface area contributed by atoms with Crippen molar-refractivity contribution in [1.29, 1.82) is 0 Å². The van der Waals surface area contributed by atoms with Crippen LogP contribution < -0.4 is 5.32 Å². The molecule has 1 aromatic rings. The van der Waals surface area contributed by atoms with E-state index in [1.54, 1.807) is 0 Å². The van der Waals surface area contributed by atoms with Gasteiger partial charge in [0.2, 0.25) is 0 Å². The molecule has 0 unspecified atom stereocenters. The topological polar surface area (TPSA) is 12.0 Å². The Morgan fingerprint density at radius 2 is 2.00 bits per heavy atom. The van der Waals surface area contributed by atoms with Crippen LogP contribution in [0.2, 0.25) is 0 Å². The summed E-state index contributed by atoms with van der Waals surface area (Å²) >= 11 is 7.83. The lowest BCUT2D eigenvalue weighted by Gasteiger charge is -2.36. The third-order valence-electron chi connectivity index (χ3n) is 3.98. The summed E-state index contributed by atoms with van der Waals surface area (Å²) in [7, 11) is 0. The summed E-state index contributed by atoms with van der Waals surface area (Å²) in [6.07, 6.45) is 7.84. The highest BCUT2D eigenvalue weighted by Gasteiger charge is 2.36. The Morgan fingerprint density at radius 1 is 1.21 bits per heavy atom. The van der Waals surface area contributed by atoms with Gasteiger partial charge in [0.05, 0.1) is 0 Å². The molecule has 1 N–H and O–H groups in total. The molecule has 0 amide bonds. The minimum Gasteiger partial charge on any atom is -0.313 e. The van der Waals surface area contributed by atoms with Crippen molar-refractivity contribution >= 4 is 31.9 Å². The monoisotopic (exact) mass is 387 g/mol. The van der Waals surface area contributed by atoms with Crippen LogP contribution in [0.3, 0.4) is 0 Å². The standard InChI is InChI=1S/C16H23Br2N/c17-15-9-4-5-10-16(15,18)11-6-12-19-13-14-7-2-1-3-8-14/h1-3,7-8,15,19H,4-6,9-13H2/t15-,16+/m0/s1. The normalized spacial score (nSPS) is 27.4. The fraction of sp³-hybridized carbons (Fsp3) is 0.625. The minimum atomic E-state index is 0.333. The fourth-order valence-electron chi connectivity index (χ4n) is 2.78. The predicted octanol–water partition coefficient (Wildman–Crippen LogP) is 5.03. The lowest BCUT2D eigenvalue weighted by atomic mass is 9.85. The molecule has 3 heteroatoms. The maximum atomic E-state index is 3.98. The Bertz CT molecular complexity index is 368. The zero-order valence-electron chi connectivity index (χ0n) is 11.4. The van der Waals surface area contributed by atoms with Crippen molar-refractivity contribution in [2.45, 2.75) is 54.2 Å². The molecule has 1 nitrogen and oxygen atoms in total. The molecule has 0 spiro atoms. The molecule has 1 aliphatic carbocycles. The molecular formula is C16H23Br2N. The smallest absolute Gasteiger partial charge is 0.0383 e. The van der Waals surface area contributed by atoms with Crippen molar-refractivity contribution < 1.29 is 0 Å². The highest BCUT2D eigenvalue weighted by atomic mass is 79.9. The van der Waals surface area contributed by atoms with Crippen LogP contribution in [0.25, 0.3) is 0 Å². The van der Waals surface area contributed by atoms with E-state index in [1.807, 2.05) is 0 Å². The Balaban J connectivity index is 1.64. The van der Waals surface area contributed by atoms with E-state index in [0.717, 1.165) is 13.1 Å². The molecule has 0 radical (unpaired) electrons. The van der Waals surface area contributed by atoms with E-state index in [0.29, 0.717) is 9.15 Å². The summed E-state index contributed by atoms with van der Waals surface area (Å²) in [6, 6.07) is 10.6. The molecule has 0 heterocycles. The molecule has 1 aliphatic rings. The molecule has 0 saturated heterocycles. The fourth-order valence-corrected chi connectivity index (χ4v) is 4.35. The van der Waals surface area contributed by atoms with Crippen molar-refractivity contribution in [3.8, 4) is 0 Å². The highest BCUT2D eigenvalue weighted by molar-refractivity contribution is 9.12. The summed E-state index contributed by atoms with van der Waals surface area (Å²) in [5.74, 6) is 0. The van der Waals surface area contributed by atoms with E-state index in [-0.39, 0.29) is 0 Å². The average Bonchev–Trinajstić information content (AvgIpc) is 2.43. The molecule has 2 rings (SSSR count). The number of hydrogen-bond acceptors (Lipinski definition) is 1. The van der Waals surface area contributed by atoms with Crippen LogP contribution in [0.1, 0.15) is 44.1 Å². The van der Waals surface area contributed by atoms with Gasteiger partial charge in [-0.25, -0.2) is 0 Å². The van der Waals surface area contributed by atoms with Gasteiger partial charge in [0.1, 0.15) is 0 Å². The molecular weight excluding hydrogens is 366 g/mol. The first-order valence-corrected chi connectivity index (χ1v) is 8.99. The Kier molecular flexibility index (Phi) is 6.37. The summed E-state index contributed by atoms with van der Waals surface area (Å²) in [5, 5.41) is 3.54. The number of nitrogens with one attached hydrogen (secondary N) is 1. The van der Waals surface area contributed by atoms with Crippen molar-refractivity contribution in [2.24, 2.45) is 0 Å². The maximum absolute atomic E-state index is 3.98. The number of halogens is 2. The molecule has 0 aromatic heterocycles. The van der Waals surface area contributed by atoms with Crippen LogP contribution in [0.15, 0.2) is 30.3 Å². The van der Waals surface area contributed by atoms with Gasteiger partial charge in [0.15, 0.2) is 0 Å². The van der Waals surface area contributed by atoms with Gasteiger partial charge >= 0.3 is 0 Å². The first-order chi connectivity index (χ1) is 9.21. The molecule has 19 heavy (non-hydrogen) atoms.